The van der Waals surface area contributed by atoms with Gasteiger partial charge in [0, 0.05) is 11.3 Å². The highest BCUT2D eigenvalue weighted by Crippen LogP contribution is 2.33. The number of aryl methyl sites for hydroxylation is 2. The number of nitriles is 1. The smallest absolute Gasteiger partial charge is 0.122 e. The third-order valence-electron chi connectivity index (χ3n) is 3.96. The van der Waals surface area contributed by atoms with Crippen LogP contribution in [-0.4, -0.2) is 4.98 Å². The van der Waals surface area contributed by atoms with Gasteiger partial charge in [0.1, 0.15) is 10.7 Å². The van der Waals surface area contributed by atoms with Crippen molar-refractivity contribution in [2.24, 2.45) is 0 Å². The molecule has 0 aliphatic heterocycles. The molecule has 1 heterocycles. The summed E-state index contributed by atoms with van der Waals surface area (Å²) in [6.07, 6.45) is 4.43. The van der Waals surface area contributed by atoms with Crippen LogP contribution in [-0.2, 0) is 12.8 Å². The van der Waals surface area contributed by atoms with E-state index in [1.807, 2.05) is 0 Å². The first-order valence-corrected chi connectivity index (χ1v) is 7.36. The van der Waals surface area contributed by atoms with Crippen LogP contribution in [0.5, 0.6) is 0 Å². The van der Waals surface area contributed by atoms with Crippen LogP contribution in [0, 0.1) is 22.9 Å². The molecule has 20 heavy (non-hydrogen) atoms. The number of hydrogen-bond acceptors (Lipinski definition) is 2. The molecule has 3 rings (SSSR count). The van der Waals surface area contributed by atoms with E-state index < -0.39 is 0 Å². The summed E-state index contributed by atoms with van der Waals surface area (Å²) in [5.41, 5.74) is 6.49. The van der Waals surface area contributed by atoms with E-state index in [2.05, 4.69) is 42.2 Å². The summed E-state index contributed by atoms with van der Waals surface area (Å²) in [4.78, 5) is 3.26. The molecule has 1 aliphatic carbocycles. The van der Waals surface area contributed by atoms with E-state index in [0.717, 1.165) is 24.0 Å². The van der Waals surface area contributed by atoms with E-state index in [4.69, 9.17) is 12.2 Å². The molecule has 0 saturated carbocycles. The second-order valence-electron chi connectivity index (χ2n) is 5.35. The number of aromatic nitrogens is 1. The Morgan fingerprint density at radius 3 is 2.55 bits per heavy atom. The number of nitrogens with one attached hydrogen (secondary N) is 1. The fraction of sp³-hybridized carbons (Fsp3) is 0.294. The van der Waals surface area contributed by atoms with E-state index in [0.29, 0.717) is 10.2 Å². The Labute approximate surface area is 124 Å². The average Bonchev–Trinajstić information content (AvgIpc) is 2.47. The fourth-order valence-electron chi connectivity index (χ4n) is 2.93. The lowest BCUT2D eigenvalue weighted by molar-refractivity contribution is 0.668. The molecule has 0 bridgehead atoms. The van der Waals surface area contributed by atoms with E-state index >= 15 is 0 Å². The minimum absolute atomic E-state index is 0.573. The van der Waals surface area contributed by atoms with Crippen LogP contribution in [0.3, 0.4) is 0 Å². The van der Waals surface area contributed by atoms with Crippen molar-refractivity contribution >= 4 is 12.2 Å². The average molecular weight is 280 g/mol. The van der Waals surface area contributed by atoms with Gasteiger partial charge in [0.15, 0.2) is 0 Å². The largest absolute Gasteiger partial charge is 0.349 e. The van der Waals surface area contributed by atoms with Gasteiger partial charge in [0.2, 0.25) is 0 Å². The third-order valence-corrected chi connectivity index (χ3v) is 4.27. The van der Waals surface area contributed by atoms with Gasteiger partial charge < -0.3 is 4.98 Å². The van der Waals surface area contributed by atoms with Crippen molar-refractivity contribution in [3.8, 4) is 17.2 Å². The Morgan fingerprint density at radius 2 is 1.85 bits per heavy atom. The number of rotatable bonds is 1. The zero-order chi connectivity index (χ0) is 14.1. The van der Waals surface area contributed by atoms with Crippen LogP contribution in [0.4, 0.5) is 0 Å². The SMILES string of the molecule is Cc1ccc(-c2c3c([nH]c(=S)c2C#N)CCCC3)cc1. The van der Waals surface area contributed by atoms with Crippen LogP contribution in [0.15, 0.2) is 24.3 Å². The number of fused-ring (bicyclic) bond motifs is 1. The van der Waals surface area contributed by atoms with Gasteiger partial charge in [-0.2, -0.15) is 5.26 Å². The number of benzene rings is 1. The number of H-pyrrole nitrogens is 1. The summed E-state index contributed by atoms with van der Waals surface area (Å²) in [6, 6.07) is 10.7. The van der Waals surface area contributed by atoms with Crippen LogP contribution in [0.25, 0.3) is 11.1 Å². The highest BCUT2D eigenvalue weighted by Gasteiger charge is 2.19. The van der Waals surface area contributed by atoms with Gasteiger partial charge in [-0.05, 0) is 43.7 Å². The first-order valence-electron chi connectivity index (χ1n) is 6.96. The number of nitrogens with zero attached hydrogens (tertiary/aromatic N) is 1. The molecule has 1 aliphatic rings. The third kappa shape index (κ3) is 2.17. The zero-order valence-electron chi connectivity index (χ0n) is 11.5. The quantitative estimate of drug-likeness (QED) is 0.783. The van der Waals surface area contributed by atoms with Crippen molar-refractivity contribution in [1.29, 1.82) is 5.26 Å². The van der Waals surface area contributed by atoms with E-state index in [1.54, 1.807) is 0 Å². The minimum Gasteiger partial charge on any atom is -0.349 e. The Bertz CT molecular complexity index is 748. The molecule has 0 atom stereocenters. The lowest BCUT2D eigenvalue weighted by atomic mass is 9.87. The second-order valence-corrected chi connectivity index (χ2v) is 5.75. The van der Waals surface area contributed by atoms with Crippen LogP contribution < -0.4 is 0 Å². The Kier molecular flexibility index (Phi) is 3.42. The van der Waals surface area contributed by atoms with E-state index in [1.165, 1.54) is 29.7 Å². The second kappa shape index (κ2) is 5.22. The van der Waals surface area contributed by atoms with Gasteiger partial charge in [0.05, 0.1) is 5.56 Å². The lowest BCUT2D eigenvalue weighted by Crippen LogP contribution is -2.09. The molecular formula is C17H16N2S. The molecule has 0 saturated heterocycles. The Hall–Kier alpha value is -1.92. The molecule has 100 valence electrons. The highest BCUT2D eigenvalue weighted by atomic mass is 32.1. The molecule has 0 amide bonds. The molecule has 0 radical (unpaired) electrons. The Morgan fingerprint density at radius 1 is 1.15 bits per heavy atom. The maximum absolute atomic E-state index is 9.48. The van der Waals surface area contributed by atoms with Gasteiger partial charge in [-0.25, -0.2) is 0 Å². The maximum atomic E-state index is 9.48. The van der Waals surface area contributed by atoms with Gasteiger partial charge in [-0.1, -0.05) is 42.0 Å². The van der Waals surface area contributed by atoms with E-state index in [9.17, 15) is 5.26 Å². The number of pyridine rings is 1. The molecule has 0 spiro atoms. The van der Waals surface area contributed by atoms with Crippen molar-refractivity contribution in [2.45, 2.75) is 32.6 Å². The normalized spacial score (nSPS) is 13.6. The predicted octanol–water partition coefficient (Wildman–Crippen LogP) is 4.47. The lowest BCUT2D eigenvalue weighted by Gasteiger charge is -2.20. The Balaban J connectivity index is 2.32. The summed E-state index contributed by atoms with van der Waals surface area (Å²) in [6.45, 7) is 2.07. The van der Waals surface area contributed by atoms with Gasteiger partial charge >= 0.3 is 0 Å². The van der Waals surface area contributed by atoms with Gasteiger partial charge in [0.25, 0.3) is 0 Å². The van der Waals surface area contributed by atoms with Crippen molar-refractivity contribution in [1.82, 2.24) is 4.98 Å². The molecule has 0 fully saturated rings. The summed E-state index contributed by atoms with van der Waals surface area (Å²) >= 11 is 5.37. The predicted molar refractivity (Wildman–Crippen MR) is 83.2 cm³/mol. The van der Waals surface area contributed by atoms with Crippen molar-refractivity contribution in [2.75, 3.05) is 0 Å². The van der Waals surface area contributed by atoms with E-state index in [-0.39, 0.29) is 0 Å². The number of aromatic amines is 1. The minimum atomic E-state index is 0.573. The first kappa shape index (κ1) is 13.1. The summed E-state index contributed by atoms with van der Waals surface area (Å²) in [7, 11) is 0. The summed E-state index contributed by atoms with van der Waals surface area (Å²) < 4.78 is 0.573. The summed E-state index contributed by atoms with van der Waals surface area (Å²) in [5, 5.41) is 9.48. The molecule has 2 nitrogen and oxygen atoms in total. The van der Waals surface area contributed by atoms with Crippen LogP contribution in [0.1, 0.15) is 35.2 Å². The first-order chi connectivity index (χ1) is 9.70. The van der Waals surface area contributed by atoms with Crippen LogP contribution in [0.2, 0.25) is 0 Å². The topological polar surface area (TPSA) is 39.6 Å². The van der Waals surface area contributed by atoms with Crippen molar-refractivity contribution in [3.63, 3.8) is 0 Å². The van der Waals surface area contributed by atoms with Crippen molar-refractivity contribution in [3.05, 3.63) is 51.3 Å². The molecule has 1 aromatic carbocycles. The van der Waals surface area contributed by atoms with Gasteiger partial charge in [-0.15, -0.1) is 0 Å². The maximum Gasteiger partial charge on any atom is 0.122 e. The summed E-state index contributed by atoms with van der Waals surface area (Å²) in [5.74, 6) is 0. The molecule has 0 unspecified atom stereocenters. The zero-order valence-corrected chi connectivity index (χ0v) is 12.3. The molecule has 2 aromatic rings. The standard InChI is InChI=1S/C17H16N2S/c1-11-6-8-12(9-7-11)16-13-4-2-3-5-15(13)19-17(20)14(16)10-18/h6-9H,2-5H2,1H3,(H,19,20). The van der Waals surface area contributed by atoms with Crippen LogP contribution >= 0.6 is 12.2 Å². The highest BCUT2D eigenvalue weighted by molar-refractivity contribution is 7.71. The molecule has 3 heteroatoms. The molecule has 1 N–H and O–H groups in total. The molecule has 1 aromatic heterocycles. The van der Waals surface area contributed by atoms with Crippen molar-refractivity contribution < 1.29 is 0 Å². The fourth-order valence-corrected chi connectivity index (χ4v) is 3.20. The number of hydrogen-bond donors (Lipinski definition) is 1. The van der Waals surface area contributed by atoms with Gasteiger partial charge in [-0.3, -0.25) is 0 Å². The molecular weight excluding hydrogens is 264 g/mol. The monoisotopic (exact) mass is 280 g/mol.